The molecule has 0 bridgehead atoms. The Morgan fingerprint density at radius 1 is 1.16 bits per heavy atom. The quantitative estimate of drug-likeness (QED) is 0.305. The largest absolute Gasteiger partial charge is 0.326 e. The summed E-state index contributed by atoms with van der Waals surface area (Å²) in [6.45, 7) is 0. The van der Waals surface area contributed by atoms with E-state index >= 15 is 0 Å². The molecule has 0 fully saturated rings. The average Bonchev–Trinajstić information content (AvgIpc) is 3.21. The first-order valence-corrected chi connectivity index (χ1v) is 11.2. The van der Waals surface area contributed by atoms with E-state index < -0.39 is 5.56 Å². The third-order valence-corrected chi connectivity index (χ3v) is 6.44. The lowest BCUT2D eigenvalue weighted by Crippen LogP contribution is -2.16. The third-order valence-electron chi connectivity index (χ3n) is 4.36. The zero-order valence-corrected chi connectivity index (χ0v) is 19.3. The predicted octanol–water partition coefficient (Wildman–Crippen LogP) is 5.78. The number of nitrogens with one attached hydrogen (secondary N) is 3. The van der Waals surface area contributed by atoms with Gasteiger partial charge in [0.2, 0.25) is 5.95 Å². The van der Waals surface area contributed by atoms with E-state index in [1.165, 1.54) is 11.3 Å². The summed E-state index contributed by atoms with van der Waals surface area (Å²) >= 11 is 10.6. The summed E-state index contributed by atoms with van der Waals surface area (Å²) < 4.78 is 0.706. The van der Waals surface area contributed by atoms with Crippen LogP contribution in [0.1, 0.15) is 15.2 Å². The number of hydrogen-bond donors (Lipinski definition) is 3. The fourth-order valence-electron chi connectivity index (χ4n) is 2.90. The lowest BCUT2D eigenvalue weighted by molar-refractivity contribution is 0.103. The molecule has 0 radical (unpaired) electrons. The minimum atomic E-state index is -0.578. The molecule has 0 atom stereocenters. The lowest BCUT2D eigenvalue weighted by Gasteiger charge is -2.10. The number of benzene rings is 2. The Balaban J connectivity index is 1.68. The van der Waals surface area contributed by atoms with E-state index in [9.17, 15) is 14.9 Å². The monoisotopic (exact) mass is 525 g/mol. The Bertz CT molecular complexity index is 1410. The molecule has 1 amide bonds. The molecule has 0 aliphatic rings. The van der Waals surface area contributed by atoms with Crippen molar-refractivity contribution in [3.63, 3.8) is 0 Å². The molecule has 10 heteroatoms. The van der Waals surface area contributed by atoms with Crippen LogP contribution in [0.2, 0.25) is 5.02 Å². The SMILES string of the molecule is N#Cc1c(-c2cccc(NC(=O)c3sccc3Br)c2)nc(Nc2ccc(Cl)cc2)[nH]c1=O. The van der Waals surface area contributed by atoms with Gasteiger partial charge in [-0.1, -0.05) is 23.7 Å². The van der Waals surface area contributed by atoms with Gasteiger partial charge in [-0.2, -0.15) is 5.26 Å². The highest BCUT2D eigenvalue weighted by Gasteiger charge is 2.16. The van der Waals surface area contributed by atoms with Gasteiger partial charge in [-0.25, -0.2) is 4.98 Å². The summed E-state index contributed by atoms with van der Waals surface area (Å²) in [6.07, 6.45) is 0. The van der Waals surface area contributed by atoms with Gasteiger partial charge in [0.15, 0.2) is 0 Å². The summed E-state index contributed by atoms with van der Waals surface area (Å²) in [6, 6.07) is 17.4. The molecule has 158 valence electrons. The molecule has 0 saturated carbocycles. The summed E-state index contributed by atoms with van der Waals surface area (Å²) in [5.74, 6) is -0.100. The molecular weight excluding hydrogens is 514 g/mol. The van der Waals surface area contributed by atoms with Crippen molar-refractivity contribution in [3.05, 3.63) is 90.3 Å². The molecule has 0 spiro atoms. The molecule has 2 aromatic heterocycles. The van der Waals surface area contributed by atoms with Gasteiger partial charge in [0.05, 0.1) is 5.69 Å². The second-order valence-electron chi connectivity index (χ2n) is 6.51. The normalized spacial score (nSPS) is 10.4. The van der Waals surface area contributed by atoms with Crippen molar-refractivity contribution in [3.8, 4) is 17.3 Å². The van der Waals surface area contributed by atoms with Crippen molar-refractivity contribution in [1.82, 2.24) is 9.97 Å². The van der Waals surface area contributed by atoms with E-state index in [2.05, 4.69) is 36.5 Å². The number of anilines is 3. The molecule has 2 aromatic carbocycles. The van der Waals surface area contributed by atoms with Crippen molar-refractivity contribution in [2.45, 2.75) is 0 Å². The Morgan fingerprint density at radius 3 is 2.62 bits per heavy atom. The number of hydrogen-bond acceptors (Lipinski definition) is 6. The van der Waals surface area contributed by atoms with Crippen molar-refractivity contribution in [2.24, 2.45) is 0 Å². The van der Waals surface area contributed by atoms with Gasteiger partial charge in [-0.3, -0.25) is 14.6 Å². The lowest BCUT2D eigenvalue weighted by atomic mass is 10.1. The number of thiophene rings is 1. The fourth-order valence-corrected chi connectivity index (χ4v) is 4.48. The fraction of sp³-hybridized carbons (Fsp3) is 0. The molecule has 2 heterocycles. The van der Waals surface area contributed by atoms with Crippen molar-refractivity contribution in [2.75, 3.05) is 10.6 Å². The first-order chi connectivity index (χ1) is 15.4. The molecule has 4 aromatic rings. The van der Waals surface area contributed by atoms with Crippen LogP contribution < -0.4 is 16.2 Å². The summed E-state index contributed by atoms with van der Waals surface area (Å²) in [5, 5.41) is 17.7. The van der Waals surface area contributed by atoms with Gasteiger partial charge in [0.25, 0.3) is 11.5 Å². The predicted molar refractivity (Wildman–Crippen MR) is 130 cm³/mol. The Kier molecular flexibility index (Phi) is 6.37. The number of amides is 1. The minimum Gasteiger partial charge on any atom is -0.326 e. The highest BCUT2D eigenvalue weighted by Crippen LogP contribution is 2.27. The van der Waals surface area contributed by atoms with E-state index in [1.807, 2.05) is 11.4 Å². The summed E-state index contributed by atoms with van der Waals surface area (Å²) in [7, 11) is 0. The van der Waals surface area contributed by atoms with Gasteiger partial charge in [0.1, 0.15) is 16.5 Å². The Labute approximate surface area is 199 Å². The Morgan fingerprint density at radius 2 is 1.94 bits per heavy atom. The number of halogens is 2. The maximum atomic E-state index is 12.5. The Hall–Kier alpha value is -3.45. The molecule has 3 N–H and O–H groups in total. The topological polar surface area (TPSA) is 111 Å². The van der Waals surface area contributed by atoms with Gasteiger partial charge in [-0.05, 0) is 63.8 Å². The molecule has 0 aliphatic heterocycles. The van der Waals surface area contributed by atoms with Gasteiger partial charge in [-0.15, -0.1) is 11.3 Å². The molecule has 7 nitrogen and oxygen atoms in total. The number of aromatic nitrogens is 2. The highest BCUT2D eigenvalue weighted by atomic mass is 79.9. The number of rotatable bonds is 5. The van der Waals surface area contributed by atoms with Gasteiger partial charge >= 0.3 is 0 Å². The van der Waals surface area contributed by atoms with Crippen LogP contribution in [0.15, 0.2) is 69.2 Å². The number of H-pyrrole nitrogens is 1. The first kappa shape index (κ1) is 21.8. The number of carbonyl (C=O) groups excluding carboxylic acids is 1. The molecule has 32 heavy (non-hydrogen) atoms. The number of aromatic amines is 1. The standard InChI is InChI=1S/C22H13BrClN5O2S/c23-17-8-9-32-19(17)21(31)26-15-3-1-2-12(10-15)18-16(11-25)20(30)29-22(28-18)27-14-6-4-13(24)5-7-14/h1-10H,(H,26,31)(H2,27,28,29,30). The van der Waals surface area contributed by atoms with E-state index in [0.717, 1.165) is 0 Å². The van der Waals surface area contributed by atoms with E-state index in [0.29, 0.717) is 31.3 Å². The maximum Gasteiger partial charge on any atom is 0.270 e. The minimum absolute atomic E-state index is 0.129. The maximum absolute atomic E-state index is 12.5. The van der Waals surface area contributed by atoms with Crippen LogP contribution in [0.4, 0.5) is 17.3 Å². The van der Waals surface area contributed by atoms with Crippen molar-refractivity contribution in [1.29, 1.82) is 5.26 Å². The number of nitriles is 1. The second kappa shape index (κ2) is 9.36. The van der Waals surface area contributed by atoms with Gasteiger partial charge in [0, 0.05) is 26.4 Å². The van der Waals surface area contributed by atoms with E-state index in [1.54, 1.807) is 54.6 Å². The smallest absolute Gasteiger partial charge is 0.270 e. The third kappa shape index (κ3) is 4.73. The number of carbonyl (C=O) groups is 1. The van der Waals surface area contributed by atoms with Crippen LogP contribution in [0.25, 0.3) is 11.3 Å². The zero-order valence-electron chi connectivity index (χ0n) is 16.1. The summed E-state index contributed by atoms with van der Waals surface area (Å²) in [5.41, 5.74) is 1.17. The van der Waals surface area contributed by atoms with Crippen LogP contribution in [-0.4, -0.2) is 15.9 Å². The van der Waals surface area contributed by atoms with Gasteiger partial charge < -0.3 is 10.6 Å². The van der Waals surface area contributed by atoms with Crippen LogP contribution >= 0.6 is 38.9 Å². The van der Waals surface area contributed by atoms with E-state index in [-0.39, 0.29) is 23.1 Å². The van der Waals surface area contributed by atoms with Crippen molar-refractivity contribution < 1.29 is 4.79 Å². The van der Waals surface area contributed by atoms with Crippen LogP contribution in [0.3, 0.4) is 0 Å². The highest BCUT2D eigenvalue weighted by molar-refractivity contribution is 9.10. The first-order valence-electron chi connectivity index (χ1n) is 9.16. The summed E-state index contributed by atoms with van der Waals surface area (Å²) in [4.78, 5) is 32.6. The molecular formula is C22H13BrClN5O2S. The van der Waals surface area contributed by atoms with Crippen molar-refractivity contribution >= 4 is 62.1 Å². The number of nitrogens with zero attached hydrogens (tertiary/aromatic N) is 2. The molecule has 4 rings (SSSR count). The zero-order chi connectivity index (χ0) is 22.7. The molecule has 0 unspecified atom stereocenters. The molecule has 0 aliphatic carbocycles. The van der Waals surface area contributed by atoms with Crippen LogP contribution in [-0.2, 0) is 0 Å². The second-order valence-corrected chi connectivity index (χ2v) is 8.72. The van der Waals surface area contributed by atoms with Crippen LogP contribution in [0.5, 0.6) is 0 Å². The van der Waals surface area contributed by atoms with Crippen LogP contribution in [0, 0.1) is 11.3 Å². The average molecular weight is 527 g/mol. The molecule has 0 saturated heterocycles. The van der Waals surface area contributed by atoms with E-state index in [4.69, 9.17) is 11.6 Å².